The van der Waals surface area contributed by atoms with E-state index in [1.54, 1.807) is 19.2 Å². The molecular weight excluding hydrogens is 360 g/mol. The third-order valence-electron chi connectivity index (χ3n) is 3.89. The lowest BCUT2D eigenvalue weighted by molar-refractivity contribution is 0.171. The van der Waals surface area contributed by atoms with Gasteiger partial charge in [0, 0.05) is 6.42 Å². The fourth-order valence-electron chi connectivity index (χ4n) is 2.34. The quantitative estimate of drug-likeness (QED) is 0.382. The summed E-state index contributed by atoms with van der Waals surface area (Å²) in [5.41, 5.74) is 4.26. The molecule has 2 aromatic carbocycles. The van der Waals surface area contributed by atoms with Crippen LogP contribution < -0.4 is 19.6 Å². The second kappa shape index (κ2) is 11.5. The van der Waals surface area contributed by atoms with E-state index in [1.165, 1.54) is 18.9 Å². The Labute approximate surface area is 165 Å². The minimum absolute atomic E-state index is 0.501. The van der Waals surface area contributed by atoms with Gasteiger partial charge in [-0.15, -0.1) is 0 Å². The van der Waals surface area contributed by atoms with Crippen molar-refractivity contribution in [1.29, 1.82) is 0 Å². The highest BCUT2D eigenvalue weighted by Crippen LogP contribution is 2.27. The molecule has 0 aliphatic carbocycles. The first-order valence-corrected chi connectivity index (χ1v) is 9.06. The minimum Gasteiger partial charge on any atom is -0.493 e. The van der Waals surface area contributed by atoms with Crippen molar-refractivity contribution < 1.29 is 23.7 Å². The van der Waals surface area contributed by atoms with Crippen molar-refractivity contribution in [1.82, 2.24) is 5.43 Å². The van der Waals surface area contributed by atoms with E-state index < -0.39 is 6.09 Å². The summed E-state index contributed by atoms with van der Waals surface area (Å²) in [5, 5.41) is 3.78. The number of nitrogens with zero attached hydrogens (tertiary/aromatic N) is 1. The second-order valence-corrected chi connectivity index (χ2v) is 5.82. The normalized spacial score (nSPS) is 10.5. The molecule has 0 unspecified atom stereocenters. The number of hydrogen-bond donors (Lipinski definition) is 1. The van der Waals surface area contributed by atoms with E-state index in [0.29, 0.717) is 24.7 Å². The molecule has 1 amide bonds. The Morgan fingerprint density at radius 1 is 1.04 bits per heavy atom. The lowest BCUT2D eigenvalue weighted by Crippen LogP contribution is -2.16. The lowest BCUT2D eigenvalue weighted by Gasteiger charge is -2.12. The third kappa shape index (κ3) is 6.83. The van der Waals surface area contributed by atoms with E-state index in [9.17, 15) is 4.79 Å². The number of methoxy groups -OCH3 is 2. The molecule has 0 spiro atoms. The number of hydrogen-bond acceptors (Lipinski definition) is 6. The number of carbonyl (C=O) groups excluding carboxylic acids is 1. The van der Waals surface area contributed by atoms with Crippen molar-refractivity contribution in [2.45, 2.75) is 19.8 Å². The summed E-state index contributed by atoms with van der Waals surface area (Å²) in [6.45, 7) is 3.19. The number of nitrogens with one attached hydrogen (secondary N) is 1. The highest BCUT2D eigenvalue weighted by atomic mass is 16.5. The summed E-state index contributed by atoms with van der Waals surface area (Å²) in [7, 11) is 2.84. The number of ether oxygens (including phenoxy) is 4. The van der Waals surface area contributed by atoms with Gasteiger partial charge in [0.2, 0.25) is 0 Å². The molecule has 0 bridgehead atoms. The number of rotatable bonds is 10. The smallest absolute Gasteiger partial charge is 0.427 e. The largest absolute Gasteiger partial charge is 0.493 e. The predicted molar refractivity (Wildman–Crippen MR) is 108 cm³/mol. The van der Waals surface area contributed by atoms with Gasteiger partial charge >= 0.3 is 6.09 Å². The van der Waals surface area contributed by atoms with Crippen LogP contribution in [-0.4, -0.2) is 39.7 Å². The Morgan fingerprint density at radius 2 is 1.79 bits per heavy atom. The molecule has 0 heterocycles. The molecule has 0 aliphatic heterocycles. The average Bonchev–Trinajstić information content (AvgIpc) is 2.74. The van der Waals surface area contributed by atoms with Crippen LogP contribution in [0, 0.1) is 0 Å². The molecule has 0 radical (unpaired) electrons. The van der Waals surface area contributed by atoms with Gasteiger partial charge in [0.25, 0.3) is 0 Å². The van der Waals surface area contributed by atoms with Crippen LogP contribution in [0.15, 0.2) is 47.6 Å². The average molecular weight is 386 g/mol. The van der Waals surface area contributed by atoms with E-state index in [0.717, 1.165) is 24.2 Å². The number of hydrazone groups is 1. The number of amides is 1. The predicted octanol–water partition coefficient (Wildman–Crippen LogP) is 3.80. The van der Waals surface area contributed by atoms with Crippen LogP contribution in [0.25, 0.3) is 0 Å². The van der Waals surface area contributed by atoms with Crippen LogP contribution in [0.5, 0.6) is 17.2 Å². The summed E-state index contributed by atoms with van der Waals surface area (Å²) >= 11 is 0. The van der Waals surface area contributed by atoms with E-state index >= 15 is 0 Å². The molecule has 7 nitrogen and oxygen atoms in total. The summed E-state index contributed by atoms with van der Waals surface area (Å²) in [5.74, 6) is 2.07. The fourth-order valence-corrected chi connectivity index (χ4v) is 2.34. The van der Waals surface area contributed by atoms with Gasteiger partial charge in [0.1, 0.15) is 5.75 Å². The monoisotopic (exact) mass is 386 g/mol. The van der Waals surface area contributed by atoms with Crippen LogP contribution in [0.3, 0.4) is 0 Å². The first-order chi connectivity index (χ1) is 13.7. The van der Waals surface area contributed by atoms with Crippen molar-refractivity contribution in [3.8, 4) is 17.2 Å². The highest BCUT2D eigenvalue weighted by molar-refractivity contribution is 5.82. The van der Waals surface area contributed by atoms with Gasteiger partial charge in [0.15, 0.2) is 11.5 Å². The summed E-state index contributed by atoms with van der Waals surface area (Å²) in [4.78, 5) is 11.0. The van der Waals surface area contributed by atoms with Crippen molar-refractivity contribution >= 4 is 12.3 Å². The van der Waals surface area contributed by atoms with Crippen molar-refractivity contribution in [3.63, 3.8) is 0 Å². The van der Waals surface area contributed by atoms with Gasteiger partial charge in [-0.2, -0.15) is 5.10 Å². The van der Waals surface area contributed by atoms with E-state index in [4.69, 9.17) is 14.2 Å². The number of carbonyl (C=O) groups is 1. The first-order valence-electron chi connectivity index (χ1n) is 9.06. The Hall–Kier alpha value is -3.22. The van der Waals surface area contributed by atoms with Crippen molar-refractivity contribution in [2.24, 2.45) is 5.10 Å². The van der Waals surface area contributed by atoms with Crippen molar-refractivity contribution in [3.05, 3.63) is 53.6 Å². The maximum Gasteiger partial charge on any atom is 0.427 e. The fraction of sp³-hybridized carbons (Fsp3) is 0.333. The summed E-state index contributed by atoms with van der Waals surface area (Å²) in [6.07, 6.45) is 2.61. The van der Waals surface area contributed by atoms with Gasteiger partial charge in [-0.05, 0) is 47.9 Å². The van der Waals surface area contributed by atoms with Crippen molar-refractivity contribution in [2.75, 3.05) is 27.4 Å². The summed E-state index contributed by atoms with van der Waals surface area (Å²) in [6, 6.07) is 13.5. The van der Waals surface area contributed by atoms with Crippen LogP contribution in [-0.2, 0) is 11.2 Å². The van der Waals surface area contributed by atoms with E-state index in [1.807, 2.05) is 18.2 Å². The summed E-state index contributed by atoms with van der Waals surface area (Å²) < 4.78 is 21.3. The molecule has 7 heteroatoms. The topological polar surface area (TPSA) is 78.4 Å². The standard InChI is InChI=1S/C21H26N2O5/c1-4-16-6-9-18(10-7-16)27-12-5-13-28-19-11-8-17(14-20(19)25-2)15-22-23-21(24)26-3/h6-11,14-15H,4-5,12-13H2,1-3H3,(H,23,24)/b22-15-. The van der Waals surface area contributed by atoms with Crippen LogP contribution in [0.4, 0.5) is 4.79 Å². The molecular formula is C21H26N2O5. The van der Waals surface area contributed by atoms with Gasteiger partial charge < -0.3 is 18.9 Å². The van der Waals surface area contributed by atoms with Gasteiger partial charge in [-0.25, -0.2) is 10.2 Å². The highest BCUT2D eigenvalue weighted by Gasteiger charge is 2.05. The van der Waals surface area contributed by atoms with E-state index in [-0.39, 0.29) is 0 Å². The van der Waals surface area contributed by atoms with Crippen LogP contribution in [0.1, 0.15) is 24.5 Å². The Bertz CT molecular complexity index is 775. The Morgan fingerprint density at radius 3 is 2.46 bits per heavy atom. The molecule has 0 aromatic heterocycles. The molecule has 0 saturated heterocycles. The molecule has 28 heavy (non-hydrogen) atoms. The van der Waals surface area contributed by atoms with Gasteiger partial charge in [-0.3, -0.25) is 0 Å². The Kier molecular flexibility index (Phi) is 8.65. The molecule has 150 valence electrons. The zero-order chi connectivity index (χ0) is 20.2. The second-order valence-electron chi connectivity index (χ2n) is 5.82. The number of benzene rings is 2. The maximum atomic E-state index is 11.0. The molecule has 1 N–H and O–H groups in total. The third-order valence-corrected chi connectivity index (χ3v) is 3.89. The lowest BCUT2D eigenvalue weighted by atomic mass is 10.2. The molecule has 0 saturated carbocycles. The van der Waals surface area contributed by atoms with Gasteiger partial charge in [-0.1, -0.05) is 19.1 Å². The maximum absolute atomic E-state index is 11.0. The van der Waals surface area contributed by atoms with Crippen LogP contribution >= 0.6 is 0 Å². The zero-order valence-electron chi connectivity index (χ0n) is 16.4. The number of aryl methyl sites for hydroxylation is 1. The molecule has 2 aromatic rings. The minimum atomic E-state index is -0.633. The molecule has 0 fully saturated rings. The zero-order valence-corrected chi connectivity index (χ0v) is 16.4. The molecule has 2 rings (SSSR count). The Balaban J connectivity index is 1.78. The van der Waals surface area contributed by atoms with Gasteiger partial charge in [0.05, 0.1) is 33.6 Å². The van der Waals surface area contributed by atoms with Crippen LogP contribution in [0.2, 0.25) is 0 Å². The SMILES string of the molecule is CCc1ccc(OCCCOc2ccc(/C=N\NC(=O)OC)cc2OC)cc1. The van der Waals surface area contributed by atoms with E-state index in [2.05, 4.69) is 34.3 Å². The molecule has 0 aliphatic rings. The first kappa shape index (κ1) is 21.1. The molecule has 0 atom stereocenters.